The Kier molecular flexibility index (Phi) is 7.55. The van der Waals surface area contributed by atoms with Gasteiger partial charge in [0.25, 0.3) is 0 Å². The van der Waals surface area contributed by atoms with Crippen LogP contribution >= 0.6 is 0 Å². The third-order valence-electron chi connectivity index (χ3n) is 14.9. The van der Waals surface area contributed by atoms with Crippen LogP contribution in [0.5, 0.6) is 0 Å². The van der Waals surface area contributed by atoms with Gasteiger partial charge in [0.2, 0.25) is 0 Å². The highest BCUT2D eigenvalue weighted by molar-refractivity contribution is 6.29. The summed E-state index contributed by atoms with van der Waals surface area (Å²) in [4.78, 5) is 0. The van der Waals surface area contributed by atoms with E-state index in [2.05, 4.69) is 232 Å². The van der Waals surface area contributed by atoms with Crippen molar-refractivity contribution in [2.45, 2.75) is 19.3 Å². The maximum atomic E-state index is 2.43. The summed E-state index contributed by atoms with van der Waals surface area (Å²) < 4.78 is 0. The molecule has 0 amide bonds. The molecule has 0 radical (unpaired) electrons. The zero-order valence-electron chi connectivity index (χ0n) is 36.3. The van der Waals surface area contributed by atoms with Crippen LogP contribution in [0.15, 0.2) is 218 Å². The highest BCUT2D eigenvalue weighted by atomic mass is 14.4. The largest absolute Gasteiger partial charge is 0.0622 e. The van der Waals surface area contributed by atoms with Gasteiger partial charge in [-0.3, -0.25) is 0 Å². The predicted octanol–water partition coefficient (Wildman–Crippen LogP) is 18.1. The van der Waals surface area contributed by atoms with Crippen LogP contribution in [-0.2, 0) is 5.41 Å². The molecule has 14 rings (SSSR count). The van der Waals surface area contributed by atoms with E-state index in [9.17, 15) is 0 Å². The second-order valence-corrected chi connectivity index (χ2v) is 18.6. The molecule has 0 saturated carbocycles. The van der Waals surface area contributed by atoms with E-state index in [1.54, 1.807) is 0 Å². The Morgan fingerprint density at radius 3 is 1.37 bits per heavy atom. The molecule has 0 aromatic heterocycles. The topological polar surface area (TPSA) is 0 Å². The highest BCUT2D eigenvalue weighted by Crippen LogP contribution is 2.59. The summed E-state index contributed by atoms with van der Waals surface area (Å²) in [6.45, 7) is 4.85. The van der Waals surface area contributed by atoms with Crippen molar-refractivity contribution in [1.82, 2.24) is 0 Å². The van der Waals surface area contributed by atoms with Crippen LogP contribution in [-0.4, -0.2) is 0 Å². The van der Waals surface area contributed by atoms with Crippen LogP contribution in [0, 0.1) is 0 Å². The first kappa shape index (κ1) is 36.4. The van der Waals surface area contributed by atoms with Crippen molar-refractivity contribution in [1.29, 1.82) is 0 Å². The summed E-state index contributed by atoms with van der Waals surface area (Å²) in [6, 6.07) is 81.7. The van der Waals surface area contributed by atoms with Crippen molar-refractivity contribution in [2.24, 2.45) is 0 Å². The molecule has 0 aliphatic heterocycles. The van der Waals surface area contributed by atoms with E-state index in [0.29, 0.717) is 0 Å². The molecule has 0 atom stereocenters. The van der Waals surface area contributed by atoms with Crippen LogP contribution in [0.25, 0.3) is 132 Å². The lowest BCUT2D eigenvalue weighted by molar-refractivity contribution is 0.672. The quantitative estimate of drug-likeness (QED) is 0.155. The summed E-state index contributed by atoms with van der Waals surface area (Å²) >= 11 is 0. The van der Waals surface area contributed by atoms with E-state index in [-0.39, 0.29) is 5.41 Å². The Bertz CT molecular complexity index is 3890. The first-order chi connectivity index (χ1) is 32.0. The molecule has 2 aliphatic carbocycles. The molecule has 0 fully saturated rings. The van der Waals surface area contributed by atoms with E-state index >= 15 is 0 Å². The Morgan fingerprint density at radius 1 is 0.246 bits per heavy atom. The van der Waals surface area contributed by atoms with Crippen LogP contribution in [0.4, 0.5) is 0 Å². The Hall–Kier alpha value is -8.06. The Balaban J connectivity index is 0.892. The first-order valence-electron chi connectivity index (χ1n) is 22.9. The van der Waals surface area contributed by atoms with E-state index in [1.165, 1.54) is 143 Å². The molecule has 0 spiro atoms. The van der Waals surface area contributed by atoms with Crippen molar-refractivity contribution in [3.8, 4) is 77.9 Å². The fraction of sp³-hybridized carbons (Fsp3) is 0.0462. The van der Waals surface area contributed by atoms with Gasteiger partial charge in [-0.1, -0.05) is 226 Å². The number of benzene rings is 12. The third-order valence-corrected chi connectivity index (χ3v) is 14.9. The van der Waals surface area contributed by atoms with Gasteiger partial charge >= 0.3 is 0 Å². The molecule has 12 aromatic carbocycles. The van der Waals surface area contributed by atoms with Gasteiger partial charge in [-0.25, -0.2) is 0 Å². The van der Waals surface area contributed by atoms with Crippen LogP contribution in [0.1, 0.15) is 25.0 Å². The molecule has 0 bridgehead atoms. The van der Waals surface area contributed by atoms with Gasteiger partial charge in [0.05, 0.1) is 0 Å². The molecular formula is C65H42. The van der Waals surface area contributed by atoms with E-state index < -0.39 is 0 Å². The lowest BCUT2D eigenvalue weighted by atomic mass is 9.77. The molecule has 2 aliphatic rings. The molecule has 0 heterocycles. The highest BCUT2D eigenvalue weighted by Gasteiger charge is 2.40. The van der Waals surface area contributed by atoms with Crippen molar-refractivity contribution >= 4 is 53.9 Å². The third kappa shape index (κ3) is 5.03. The van der Waals surface area contributed by atoms with Gasteiger partial charge in [0.1, 0.15) is 0 Å². The minimum Gasteiger partial charge on any atom is -0.0622 e. The zero-order valence-corrected chi connectivity index (χ0v) is 36.3. The molecule has 12 aromatic rings. The molecular weight excluding hydrogens is 781 g/mol. The van der Waals surface area contributed by atoms with E-state index in [4.69, 9.17) is 0 Å². The molecule has 0 heteroatoms. The second-order valence-electron chi connectivity index (χ2n) is 18.6. The summed E-state index contributed by atoms with van der Waals surface area (Å²) in [6.07, 6.45) is 0. The standard InChI is InChI=1S/C65H42/c1-65(2)63-46-34-32-43(38-44(46)33-35-56(63)60-50-22-11-9-20-47(50)48-21-10-14-25-53(48)64(60)65)39-28-30-40(31-29-39)45-36-37-55-59-49(45)26-15-27-54(59)61-57(41-16-5-3-6-17-41)51-23-12-13-24-52(51)58(62(55)61)42-18-7-4-8-19-42/h3-38H,1-2H3. The molecule has 302 valence electrons. The monoisotopic (exact) mass is 822 g/mol. The molecule has 0 unspecified atom stereocenters. The normalized spacial score (nSPS) is 13.2. The minimum absolute atomic E-state index is 0.155. The Labute approximate surface area is 378 Å². The summed E-state index contributed by atoms with van der Waals surface area (Å²) in [5.41, 5.74) is 20.8. The molecule has 0 saturated heterocycles. The fourth-order valence-electron chi connectivity index (χ4n) is 12.3. The van der Waals surface area contributed by atoms with Gasteiger partial charge in [-0.15, -0.1) is 0 Å². The summed E-state index contributed by atoms with van der Waals surface area (Å²) in [5.74, 6) is 0. The SMILES string of the molecule is CC1(C)c2c(ccc3cc(-c4ccc(-c5ccc6c7c(cccc57)-c5c-6c(-c6ccccc6)c6ccccc6c5-c5ccccc5)cc4)ccc23)-c2c1c1ccccc1c1ccccc21. The smallest absolute Gasteiger partial charge is 0.0171 e. The fourth-order valence-corrected chi connectivity index (χ4v) is 12.3. The number of hydrogen-bond donors (Lipinski definition) is 0. The average molecular weight is 823 g/mol. The van der Waals surface area contributed by atoms with Crippen LogP contribution in [0.3, 0.4) is 0 Å². The average Bonchev–Trinajstić information content (AvgIpc) is 3.83. The zero-order chi connectivity index (χ0) is 43.0. The molecule has 0 nitrogen and oxygen atoms in total. The predicted molar refractivity (Wildman–Crippen MR) is 278 cm³/mol. The molecule has 65 heavy (non-hydrogen) atoms. The number of hydrogen-bond acceptors (Lipinski definition) is 0. The van der Waals surface area contributed by atoms with Gasteiger partial charge in [-0.2, -0.15) is 0 Å². The van der Waals surface area contributed by atoms with Gasteiger partial charge in [-0.05, 0) is 149 Å². The van der Waals surface area contributed by atoms with Crippen molar-refractivity contribution in [2.75, 3.05) is 0 Å². The number of rotatable bonds is 4. The first-order valence-corrected chi connectivity index (χ1v) is 22.9. The van der Waals surface area contributed by atoms with Crippen molar-refractivity contribution in [3.63, 3.8) is 0 Å². The van der Waals surface area contributed by atoms with Gasteiger partial charge in [0.15, 0.2) is 0 Å². The van der Waals surface area contributed by atoms with Crippen LogP contribution < -0.4 is 0 Å². The van der Waals surface area contributed by atoms with Gasteiger partial charge in [0, 0.05) is 5.41 Å². The van der Waals surface area contributed by atoms with Gasteiger partial charge < -0.3 is 0 Å². The van der Waals surface area contributed by atoms with E-state index in [0.717, 1.165) is 0 Å². The maximum Gasteiger partial charge on any atom is 0.0171 e. The second kappa shape index (κ2) is 13.5. The summed E-state index contributed by atoms with van der Waals surface area (Å²) in [5, 5.41) is 13.2. The van der Waals surface area contributed by atoms with Crippen molar-refractivity contribution in [3.05, 3.63) is 230 Å². The Morgan fingerprint density at radius 2 is 0.723 bits per heavy atom. The number of fused-ring (bicyclic) bond motifs is 14. The van der Waals surface area contributed by atoms with Crippen molar-refractivity contribution < 1.29 is 0 Å². The van der Waals surface area contributed by atoms with E-state index in [1.807, 2.05) is 0 Å². The molecule has 0 N–H and O–H groups in total. The van der Waals surface area contributed by atoms with Crippen LogP contribution in [0.2, 0.25) is 0 Å². The maximum absolute atomic E-state index is 2.43. The minimum atomic E-state index is -0.155. The lowest BCUT2D eigenvalue weighted by Gasteiger charge is -2.25. The summed E-state index contributed by atoms with van der Waals surface area (Å²) in [7, 11) is 0. The lowest BCUT2D eigenvalue weighted by Crippen LogP contribution is -2.16.